The van der Waals surface area contributed by atoms with Gasteiger partial charge in [-0.2, -0.15) is 0 Å². The number of ether oxygens (including phenoxy) is 1. The lowest BCUT2D eigenvalue weighted by Crippen LogP contribution is -2.42. The van der Waals surface area contributed by atoms with E-state index in [9.17, 15) is 19.5 Å². The molecule has 0 spiro atoms. The minimum atomic E-state index is -1.16. The molecule has 1 unspecified atom stereocenters. The first-order valence-corrected chi connectivity index (χ1v) is 10.6. The Morgan fingerprint density at radius 1 is 0.909 bits per heavy atom. The predicted molar refractivity (Wildman–Crippen MR) is 124 cm³/mol. The summed E-state index contributed by atoms with van der Waals surface area (Å²) >= 11 is 0. The highest BCUT2D eigenvalue weighted by Crippen LogP contribution is 2.44. The number of hydrogen-bond donors (Lipinski definition) is 3. The van der Waals surface area contributed by atoms with Crippen LogP contribution in [0.25, 0.3) is 11.1 Å². The summed E-state index contributed by atoms with van der Waals surface area (Å²) in [6, 6.07) is 21.6. The molecule has 0 radical (unpaired) electrons. The average molecular weight is 444 g/mol. The van der Waals surface area contributed by atoms with Gasteiger partial charge in [0.05, 0.1) is 0 Å². The molecule has 3 N–H and O–H groups in total. The Morgan fingerprint density at radius 3 is 2.03 bits per heavy atom. The highest BCUT2D eigenvalue weighted by Gasteiger charge is 2.29. The zero-order valence-electron chi connectivity index (χ0n) is 18.1. The number of carbonyl (C=O) groups excluding carboxylic acids is 2. The zero-order valence-corrected chi connectivity index (χ0v) is 18.1. The summed E-state index contributed by atoms with van der Waals surface area (Å²) < 4.78 is 5.46. The second-order valence-corrected chi connectivity index (χ2v) is 7.94. The minimum absolute atomic E-state index is 0.0832. The Morgan fingerprint density at radius 2 is 1.48 bits per heavy atom. The van der Waals surface area contributed by atoms with E-state index in [1.165, 1.54) is 6.92 Å². The maximum absolute atomic E-state index is 12.5. The standard InChI is InChI=1S/C26H24N2O5/c1-16(29)27-18-12-10-17(11-13-18)14-24(25(30)31)28-26(32)33-15-23-21-8-4-2-6-19(21)20-7-3-5-9-22(20)23/h2-13,23-24H,14-15H2,1H3,(H,27,29)(H,28,32)(H,30,31). The van der Waals surface area contributed by atoms with Gasteiger partial charge in [0, 0.05) is 24.9 Å². The van der Waals surface area contributed by atoms with E-state index in [1.807, 2.05) is 48.5 Å². The number of nitrogens with one attached hydrogen (secondary N) is 2. The van der Waals surface area contributed by atoms with Crippen LogP contribution in [0.15, 0.2) is 72.8 Å². The van der Waals surface area contributed by atoms with E-state index in [-0.39, 0.29) is 24.9 Å². The van der Waals surface area contributed by atoms with E-state index >= 15 is 0 Å². The molecule has 1 aliphatic rings. The molecule has 1 aliphatic carbocycles. The molecule has 0 aromatic heterocycles. The van der Waals surface area contributed by atoms with Gasteiger partial charge in [0.15, 0.2) is 0 Å². The summed E-state index contributed by atoms with van der Waals surface area (Å²) in [7, 11) is 0. The number of benzene rings is 3. The van der Waals surface area contributed by atoms with Crippen LogP contribution in [0, 0.1) is 0 Å². The van der Waals surface area contributed by atoms with E-state index in [1.54, 1.807) is 24.3 Å². The second-order valence-electron chi connectivity index (χ2n) is 7.94. The predicted octanol–water partition coefficient (Wildman–Crippen LogP) is 4.18. The molecule has 0 saturated heterocycles. The largest absolute Gasteiger partial charge is 0.480 e. The monoisotopic (exact) mass is 444 g/mol. The Balaban J connectivity index is 1.39. The first-order valence-electron chi connectivity index (χ1n) is 10.6. The summed E-state index contributed by atoms with van der Waals surface area (Å²) in [6.45, 7) is 1.52. The number of carboxylic acid groups (broad SMARTS) is 1. The number of carboxylic acids is 1. The number of rotatable bonds is 7. The first-order chi connectivity index (χ1) is 15.9. The van der Waals surface area contributed by atoms with Crippen molar-refractivity contribution in [1.29, 1.82) is 0 Å². The van der Waals surface area contributed by atoms with Crippen molar-refractivity contribution in [2.24, 2.45) is 0 Å². The molecule has 33 heavy (non-hydrogen) atoms. The quantitative estimate of drug-likeness (QED) is 0.507. The van der Waals surface area contributed by atoms with Crippen molar-refractivity contribution < 1.29 is 24.2 Å². The third-order valence-electron chi connectivity index (χ3n) is 5.65. The maximum atomic E-state index is 12.5. The Labute approximate surface area is 191 Å². The molecule has 0 saturated carbocycles. The van der Waals surface area contributed by atoms with Crippen molar-refractivity contribution >= 4 is 23.7 Å². The molecule has 7 nitrogen and oxygen atoms in total. The SMILES string of the molecule is CC(=O)Nc1ccc(CC(NC(=O)OCC2c3ccccc3-c3ccccc32)C(=O)O)cc1. The van der Waals surface area contributed by atoms with Crippen LogP contribution in [0.3, 0.4) is 0 Å². The van der Waals surface area contributed by atoms with Gasteiger partial charge < -0.3 is 20.5 Å². The molecule has 3 aromatic rings. The first kappa shape index (κ1) is 22.1. The lowest BCUT2D eigenvalue weighted by molar-refractivity contribution is -0.139. The fourth-order valence-corrected chi connectivity index (χ4v) is 4.15. The van der Waals surface area contributed by atoms with Crippen molar-refractivity contribution in [2.45, 2.75) is 25.3 Å². The van der Waals surface area contributed by atoms with Crippen LogP contribution in [0.4, 0.5) is 10.5 Å². The normalized spacial score (nSPS) is 12.9. The van der Waals surface area contributed by atoms with E-state index in [0.29, 0.717) is 11.3 Å². The number of alkyl carbamates (subject to hydrolysis) is 1. The van der Waals surface area contributed by atoms with Crippen LogP contribution in [-0.2, 0) is 20.7 Å². The van der Waals surface area contributed by atoms with Crippen molar-refractivity contribution in [3.63, 3.8) is 0 Å². The number of carbonyl (C=O) groups is 3. The number of aliphatic carboxylic acids is 1. The van der Waals surface area contributed by atoms with Gasteiger partial charge in [-0.25, -0.2) is 9.59 Å². The second kappa shape index (κ2) is 9.56. The van der Waals surface area contributed by atoms with Crippen molar-refractivity contribution in [1.82, 2.24) is 5.32 Å². The van der Waals surface area contributed by atoms with Gasteiger partial charge in [-0.15, -0.1) is 0 Å². The lowest BCUT2D eigenvalue weighted by Gasteiger charge is -2.17. The van der Waals surface area contributed by atoms with Crippen LogP contribution in [0.5, 0.6) is 0 Å². The topological polar surface area (TPSA) is 105 Å². The number of amides is 2. The van der Waals surface area contributed by atoms with Gasteiger partial charge in [-0.3, -0.25) is 4.79 Å². The van der Waals surface area contributed by atoms with Crippen LogP contribution < -0.4 is 10.6 Å². The lowest BCUT2D eigenvalue weighted by atomic mass is 9.98. The molecular formula is C26H24N2O5. The van der Waals surface area contributed by atoms with Gasteiger partial charge in [0.2, 0.25) is 5.91 Å². The molecule has 168 valence electrons. The van der Waals surface area contributed by atoms with E-state index in [0.717, 1.165) is 22.3 Å². The Bertz CT molecular complexity index is 1140. The van der Waals surface area contributed by atoms with Gasteiger partial charge in [-0.05, 0) is 39.9 Å². The fourth-order valence-electron chi connectivity index (χ4n) is 4.15. The summed E-state index contributed by atoms with van der Waals surface area (Å²) in [5.74, 6) is -1.45. The van der Waals surface area contributed by atoms with Gasteiger partial charge in [-0.1, -0.05) is 60.7 Å². The van der Waals surface area contributed by atoms with Crippen LogP contribution in [0.2, 0.25) is 0 Å². The van der Waals surface area contributed by atoms with E-state index < -0.39 is 18.1 Å². The molecule has 0 fully saturated rings. The average Bonchev–Trinajstić information content (AvgIpc) is 3.12. The van der Waals surface area contributed by atoms with Crippen LogP contribution in [0.1, 0.15) is 29.5 Å². The smallest absolute Gasteiger partial charge is 0.407 e. The molecule has 3 aromatic carbocycles. The number of fused-ring (bicyclic) bond motifs is 3. The van der Waals surface area contributed by atoms with Crippen LogP contribution >= 0.6 is 0 Å². The van der Waals surface area contributed by atoms with Crippen molar-refractivity contribution in [3.8, 4) is 11.1 Å². The van der Waals surface area contributed by atoms with E-state index in [4.69, 9.17) is 4.74 Å². The highest BCUT2D eigenvalue weighted by molar-refractivity contribution is 5.88. The molecule has 1 atom stereocenters. The van der Waals surface area contributed by atoms with Gasteiger partial charge >= 0.3 is 12.1 Å². The highest BCUT2D eigenvalue weighted by atomic mass is 16.5. The number of hydrogen-bond acceptors (Lipinski definition) is 4. The minimum Gasteiger partial charge on any atom is -0.480 e. The Hall–Kier alpha value is -4.13. The molecule has 0 bridgehead atoms. The van der Waals surface area contributed by atoms with Crippen molar-refractivity contribution in [2.75, 3.05) is 11.9 Å². The number of anilines is 1. The summed E-state index contributed by atoms with van der Waals surface area (Å²) in [6.07, 6.45) is -0.695. The van der Waals surface area contributed by atoms with Gasteiger partial charge in [0.25, 0.3) is 0 Å². The zero-order chi connectivity index (χ0) is 23.4. The van der Waals surface area contributed by atoms with Gasteiger partial charge in [0.1, 0.15) is 12.6 Å². The fraction of sp³-hybridized carbons (Fsp3) is 0.192. The van der Waals surface area contributed by atoms with E-state index in [2.05, 4.69) is 10.6 Å². The molecule has 7 heteroatoms. The van der Waals surface area contributed by atoms with Crippen molar-refractivity contribution in [3.05, 3.63) is 89.5 Å². The summed E-state index contributed by atoms with van der Waals surface area (Å²) in [5.41, 5.74) is 5.72. The Kier molecular flexibility index (Phi) is 6.40. The third kappa shape index (κ3) is 5.03. The van der Waals surface area contributed by atoms with Crippen LogP contribution in [-0.4, -0.2) is 35.7 Å². The molecule has 0 aliphatic heterocycles. The molecule has 0 heterocycles. The maximum Gasteiger partial charge on any atom is 0.407 e. The third-order valence-corrected chi connectivity index (χ3v) is 5.65. The molecule has 2 amide bonds. The summed E-state index contributed by atoms with van der Waals surface area (Å²) in [4.78, 5) is 35.3. The molecule has 4 rings (SSSR count). The molecular weight excluding hydrogens is 420 g/mol. The summed E-state index contributed by atoms with van der Waals surface area (Å²) in [5, 5.41) is 14.7.